The average molecular weight is 362 g/mol. The van der Waals surface area contributed by atoms with Gasteiger partial charge < -0.3 is 10.6 Å². The molecule has 1 saturated heterocycles. The van der Waals surface area contributed by atoms with Gasteiger partial charge in [-0.25, -0.2) is 0 Å². The lowest BCUT2D eigenvalue weighted by Crippen LogP contribution is -2.21. The highest BCUT2D eigenvalue weighted by molar-refractivity contribution is 8.13. The van der Waals surface area contributed by atoms with Crippen LogP contribution in [0.3, 0.4) is 0 Å². The zero-order valence-corrected chi connectivity index (χ0v) is 15.2. The molecule has 1 aliphatic rings. The number of thioether (sulfide) groups is 1. The van der Waals surface area contributed by atoms with Gasteiger partial charge in [0, 0.05) is 17.3 Å². The van der Waals surface area contributed by atoms with E-state index in [0.29, 0.717) is 5.17 Å². The Bertz CT molecular complexity index is 445. The Balaban J connectivity index is 0.00000242. The summed E-state index contributed by atoms with van der Waals surface area (Å²) in [7, 11) is 0. The first-order valence-electron chi connectivity index (χ1n) is 7.63. The predicted molar refractivity (Wildman–Crippen MR) is 102 cm³/mol. The van der Waals surface area contributed by atoms with Gasteiger partial charge in [0.1, 0.15) is 0 Å². The Hall–Kier alpha value is -0.420. The molecular weight excluding hydrogens is 337 g/mol. The molecule has 0 atom stereocenters. The summed E-state index contributed by atoms with van der Waals surface area (Å²) in [5.41, 5.74) is 7.18. The molecule has 1 heterocycles. The van der Waals surface area contributed by atoms with Crippen molar-refractivity contribution in [3.05, 3.63) is 34.9 Å². The molecule has 0 amide bonds. The lowest BCUT2D eigenvalue weighted by atomic mass is 10.2. The van der Waals surface area contributed by atoms with Crippen molar-refractivity contribution in [1.29, 1.82) is 0 Å². The van der Waals surface area contributed by atoms with Crippen LogP contribution in [0.1, 0.15) is 24.8 Å². The van der Waals surface area contributed by atoms with E-state index in [2.05, 4.69) is 9.89 Å². The minimum Gasteiger partial charge on any atom is -0.379 e. The minimum absolute atomic E-state index is 0. The summed E-state index contributed by atoms with van der Waals surface area (Å²) in [6.45, 7) is 4.49. The second kappa shape index (κ2) is 11.2. The molecule has 3 nitrogen and oxygen atoms in total. The molecule has 1 fully saturated rings. The highest BCUT2D eigenvalue weighted by Gasteiger charge is 2.10. The van der Waals surface area contributed by atoms with Crippen LogP contribution in [0.15, 0.2) is 29.3 Å². The van der Waals surface area contributed by atoms with E-state index in [-0.39, 0.29) is 12.4 Å². The molecule has 124 valence electrons. The Labute approximate surface area is 149 Å². The zero-order valence-electron chi connectivity index (χ0n) is 12.8. The van der Waals surface area contributed by atoms with Crippen molar-refractivity contribution in [2.75, 3.05) is 31.9 Å². The number of hydrogen-bond acceptors (Lipinski definition) is 3. The Kier molecular flexibility index (Phi) is 9.96. The van der Waals surface area contributed by atoms with Crippen molar-refractivity contribution >= 4 is 40.9 Å². The lowest BCUT2D eigenvalue weighted by Gasteiger charge is -2.13. The SMILES string of the molecule is Cl.NC(=NCCc1ccc(Cl)cc1)SCCCN1CCCC1. The molecule has 2 rings (SSSR count). The van der Waals surface area contributed by atoms with Crippen LogP contribution in [0.5, 0.6) is 0 Å². The molecular formula is C16H25Cl2N3S. The average Bonchev–Trinajstić information content (AvgIpc) is 2.99. The summed E-state index contributed by atoms with van der Waals surface area (Å²) >= 11 is 7.54. The highest BCUT2D eigenvalue weighted by atomic mass is 35.5. The zero-order chi connectivity index (χ0) is 14.9. The molecule has 6 heteroatoms. The normalized spacial score (nSPS) is 15.8. The summed E-state index contributed by atoms with van der Waals surface area (Å²) < 4.78 is 0. The third kappa shape index (κ3) is 7.73. The van der Waals surface area contributed by atoms with Crippen LogP contribution < -0.4 is 5.73 Å². The maximum atomic E-state index is 5.93. The summed E-state index contributed by atoms with van der Waals surface area (Å²) in [5.74, 6) is 1.06. The summed E-state index contributed by atoms with van der Waals surface area (Å²) in [6.07, 6.45) is 4.83. The fourth-order valence-corrected chi connectivity index (χ4v) is 3.25. The Morgan fingerprint density at radius 3 is 2.59 bits per heavy atom. The maximum Gasteiger partial charge on any atom is 0.153 e. The van der Waals surface area contributed by atoms with E-state index in [0.717, 1.165) is 23.7 Å². The summed E-state index contributed by atoms with van der Waals surface area (Å²) in [5, 5.41) is 1.49. The Morgan fingerprint density at radius 2 is 1.91 bits per heavy atom. The van der Waals surface area contributed by atoms with Gasteiger partial charge in [0.15, 0.2) is 5.17 Å². The van der Waals surface area contributed by atoms with Gasteiger partial charge >= 0.3 is 0 Å². The monoisotopic (exact) mass is 361 g/mol. The fourth-order valence-electron chi connectivity index (χ4n) is 2.46. The number of benzene rings is 1. The van der Waals surface area contributed by atoms with Gasteiger partial charge in [-0.05, 0) is 63.0 Å². The van der Waals surface area contributed by atoms with Crippen LogP contribution >= 0.6 is 35.8 Å². The molecule has 0 saturated carbocycles. The fraction of sp³-hybridized carbons (Fsp3) is 0.562. The molecule has 0 bridgehead atoms. The van der Waals surface area contributed by atoms with Crippen LogP contribution in [0, 0.1) is 0 Å². The molecule has 2 N–H and O–H groups in total. The quantitative estimate of drug-likeness (QED) is 0.455. The minimum atomic E-state index is 0. The number of aliphatic imine (C=N–C) groups is 1. The van der Waals surface area contributed by atoms with Gasteiger partial charge in [-0.1, -0.05) is 35.5 Å². The number of halogens is 2. The van der Waals surface area contributed by atoms with Gasteiger partial charge in [-0.15, -0.1) is 12.4 Å². The topological polar surface area (TPSA) is 41.6 Å². The molecule has 1 aromatic carbocycles. The number of likely N-dealkylation sites (tertiary alicyclic amines) is 1. The van der Waals surface area contributed by atoms with Gasteiger partial charge in [0.25, 0.3) is 0 Å². The van der Waals surface area contributed by atoms with Gasteiger partial charge in [-0.3, -0.25) is 4.99 Å². The smallest absolute Gasteiger partial charge is 0.153 e. The summed E-state index contributed by atoms with van der Waals surface area (Å²) in [6, 6.07) is 7.91. The van der Waals surface area contributed by atoms with Crippen molar-refractivity contribution in [3.8, 4) is 0 Å². The van der Waals surface area contributed by atoms with Crippen molar-refractivity contribution in [3.63, 3.8) is 0 Å². The number of amidine groups is 1. The second-order valence-corrected chi connectivity index (χ2v) is 6.90. The number of nitrogens with two attached hydrogens (primary N) is 1. The van der Waals surface area contributed by atoms with Gasteiger partial charge in [0.05, 0.1) is 0 Å². The van der Waals surface area contributed by atoms with Crippen molar-refractivity contribution in [1.82, 2.24) is 4.90 Å². The van der Waals surface area contributed by atoms with E-state index in [1.807, 2.05) is 24.3 Å². The molecule has 0 spiro atoms. The number of rotatable bonds is 7. The van der Waals surface area contributed by atoms with E-state index in [4.69, 9.17) is 17.3 Å². The standard InChI is InChI=1S/C16H24ClN3S.ClH/c17-15-6-4-14(5-7-15)8-9-19-16(18)21-13-3-12-20-10-1-2-11-20;/h4-7H,1-3,8-13H2,(H2,18,19);1H. The highest BCUT2D eigenvalue weighted by Crippen LogP contribution is 2.11. The Morgan fingerprint density at radius 1 is 1.23 bits per heavy atom. The molecule has 1 aliphatic heterocycles. The third-order valence-corrected chi connectivity index (χ3v) is 4.82. The second-order valence-electron chi connectivity index (χ2n) is 5.35. The van der Waals surface area contributed by atoms with Crippen LogP contribution in [-0.4, -0.2) is 42.0 Å². The predicted octanol–water partition coefficient (Wildman–Crippen LogP) is 3.84. The largest absolute Gasteiger partial charge is 0.379 e. The maximum absolute atomic E-state index is 5.93. The van der Waals surface area contributed by atoms with E-state index >= 15 is 0 Å². The van der Waals surface area contributed by atoms with Crippen molar-refractivity contribution in [2.45, 2.75) is 25.7 Å². The molecule has 0 aromatic heterocycles. The van der Waals surface area contributed by atoms with E-state index in [1.165, 1.54) is 44.5 Å². The molecule has 22 heavy (non-hydrogen) atoms. The number of hydrogen-bond donors (Lipinski definition) is 1. The van der Waals surface area contributed by atoms with Crippen LogP contribution in [0.4, 0.5) is 0 Å². The van der Waals surface area contributed by atoms with E-state index < -0.39 is 0 Å². The molecule has 0 unspecified atom stereocenters. The van der Waals surface area contributed by atoms with Crippen molar-refractivity contribution < 1.29 is 0 Å². The lowest BCUT2D eigenvalue weighted by molar-refractivity contribution is 0.341. The van der Waals surface area contributed by atoms with Crippen LogP contribution in [-0.2, 0) is 6.42 Å². The van der Waals surface area contributed by atoms with Crippen LogP contribution in [0.25, 0.3) is 0 Å². The molecule has 0 aliphatic carbocycles. The third-order valence-electron chi connectivity index (χ3n) is 3.65. The molecule has 0 radical (unpaired) electrons. The first-order chi connectivity index (χ1) is 10.2. The van der Waals surface area contributed by atoms with Gasteiger partial charge in [-0.2, -0.15) is 0 Å². The van der Waals surface area contributed by atoms with Gasteiger partial charge in [0.2, 0.25) is 0 Å². The van der Waals surface area contributed by atoms with E-state index in [1.54, 1.807) is 11.8 Å². The van der Waals surface area contributed by atoms with Crippen molar-refractivity contribution in [2.24, 2.45) is 10.7 Å². The summed E-state index contributed by atoms with van der Waals surface area (Å²) in [4.78, 5) is 6.96. The van der Waals surface area contributed by atoms with Crippen LogP contribution in [0.2, 0.25) is 5.02 Å². The first-order valence-corrected chi connectivity index (χ1v) is 9.00. The molecule has 1 aromatic rings. The van der Waals surface area contributed by atoms with E-state index in [9.17, 15) is 0 Å². The number of nitrogens with zero attached hydrogens (tertiary/aromatic N) is 2. The first kappa shape index (κ1) is 19.6.